The Labute approximate surface area is 116 Å². The Bertz CT molecular complexity index is 296. The fourth-order valence-corrected chi connectivity index (χ4v) is 1.19. The normalized spacial score (nSPS) is 13.0. The number of hydrogen-bond donors (Lipinski definition) is 2. The van der Waals surface area contributed by atoms with Gasteiger partial charge in [0.25, 0.3) is 0 Å². The molecule has 0 aliphatic heterocycles. The Hall–Kier alpha value is -1.26. The first-order chi connectivity index (χ1) is 8.61. The molecule has 0 bridgehead atoms. The van der Waals surface area contributed by atoms with Crippen molar-refractivity contribution in [2.45, 2.75) is 53.6 Å². The highest BCUT2D eigenvalue weighted by molar-refractivity contribution is 5.77. The molecule has 0 aromatic carbocycles. The minimum Gasteiger partial charge on any atom is -0.444 e. The minimum atomic E-state index is -0.515. The van der Waals surface area contributed by atoms with E-state index in [4.69, 9.17) is 4.74 Å². The summed E-state index contributed by atoms with van der Waals surface area (Å²) in [5, 5.41) is 5.41. The van der Waals surface area contributed by atoms with Gasteiger partial charge in [-0.2, -0.15) is 0 Å². The molecule has 0 spiro atoms. The van der Waals surface area contributed by atoms with Gasteiger partial charge in [-0.3, -0.25) is 4.79 Å². The molecule has 5 heteroatoms. The molecule has 1 unspecified atom stereocenters. The molecule has 2 N–H and O–H groups in total. The molecule has 0 rings (SSSR count). The second-order valence-electron chi connectivity index (χ2n) is 6.20. The summed E-state index contributed by atoms with van der Waals surface area (Å²) in [6.45, 7) is 12.7. The van der Waals surface area contributed by atoms with Crippen molar-refractivity contribution in [1.82, 2.24) is 10.6 Å². The van der Waals surface area contributed by atoms with Gasteiger partial charge in [0.15, 0.2) is 0 Å². The standard InChI is InChI=1S/C14H28N2O3/c1-10(2)11(3)9-16-12(17)7-8-15-13(18)19-14(4,5)6/h10-11H,7-9H2,1-6H3,(H,15,18)(H,16,17). The van der Waals surface area contributed by atoms with Crippen molar-refractivity contribution in [2.24, 2.45) is 11.8 Å². The number of ether oxygens (including phenoxy) is 1. The summed E-state index contributed by atoms with van der Waals surface area (Å²) in [4.78, 5) is 22.9. The maximum absolute atomic E-state index is 11.5. The monoisotopic (exact) mass is 272 g/mol. The largest absolute Gasteiger partial charge is 0.444 e. The van der Waals surface area contributed by atoms with Crippen LogP contribution in [0.4, 0.5) is 4.79 Å². The van der Waals surface area contributed by atoms with E-state index < -0.39 is 11.7 Å². The van der Waals surface area contributed by atoms with Crippen molar-refractivity contribution in [3.05, 3.63) is 0 Å². The first-order valence-electron chi connectivity index (χ1n) is 6.85. The molecule has 0 saturated carbocycles. The molecule has 0 saturated heterocycles. The van der Waals surface area contributed by atoms with E-state index >= 15 is 0 Å². The van der Waals surface area contributed by atoms with Gasteiger partial charge in [-0.1, -0.05) is 20.8 Å². The fourth-order valence-electron chi connectivity index (χ4n) is 1.19. The van der Waals surface area contributed by atoms with Gasteiger partial charge in [-0.25, -0.2) is 4.79 Å². The van der Waals surface area contributed by atoms with E-state index in [1.54, 1.807) is 20.8 Å². The molecule has 0 aromatic rings. The van der Waals surface area contributed by atoms with Crippen LogP contribution in [0.1, 0.15) is 48.0 Å². The lowest BCUT2D eigenvalue weighted by Gasteiger charge is -2.19. The first-order valence-corrected chi connectivity index (χ1v) is 6.85. The number of carbonyl (C=O) groups is 2. The van der Waals surface area contributed by atoms with E-state index in [0.29, 0.717) is 18.4 Å². The third-order valence-corrected chi connectivity index (χ3v) is 2.78. The van der Waals surface area contributed by atoms with E-state index in [1.165, 1.54) is 0 Å². The van der Waals surface area contributed by atoms with E-state index in [1.807, 2.05) is 0 Å². The van der Waals surface area contributed by atoms with Crippen LogP contribution in [0.3, 0.4) is 0 Å². The van der Waals surface area contributed by atoms with Crippen LogP contribution in [0.25, 0.3) is 0 Å². The molecule has 0 aliphatic carbocycles. The van der Waals surface area contributed by atoms with Crippen molar-refractivity contribution in [3.63, 3.8) is 0 Å². The Kier molecular flexibility index (Phi) is 7.49. The zero-order valence-electron chi connectivity index (χ0n) is 13.0. The van der Waals surface area contributed by atoms with Crippen molar-refractivity contribution in [3.8, 4) is 0 Å². The van der Waals surface area contributed by atoms with Gasteiger partial charge >= 0.3 is 6.09 Å². The third kappa shape index (κ3) is 10.4. The summed E-state index contributed by atoms with van der Waals surface area (Å²) in [5.41, 5.74) is -0.515. The highest BCUT2D eigenvalue weighted by atomic mass is 16.6. The van der Waals surface area contributed by atoms with Crippen molar-refractivity contribution < 1.29 is 14.3 Å². The molecule has 19 heavy (non-hydrogen) atoms. The SMILES string of the molecule is CC(C)C(C)CNC(=O)CCNC(=O)OC(C)(C)C. The van der Waals surface area contributed by atoms with Crippen molar-refractivity contribution in [1.29, 1.82) is 0 Å². The van der Waals surface area contributed by atoms with Gasteiger partial charge in [0.2, 0.25) is 5.91 Å². The molecule has 112 valence electrons. The Morgan fingerprint density at radius 3 is 2.16 bits per heavy atom. The topological polar surface area (TPSA) is 67.4 Å². The van der Waals surface area contributed by atoms with Gasteiger partial charge in [0.05, 0.1) is 0 Å². The fraction of sp³-hybridized carbons (Fsp3) is 0.857. The Balaban J connectivity index is 3.72. The van der Waals surface area contributed by atoms with Crippen molar-refractivity contribution >= 4 is 12.0 Å². The molecule has 5 nitrogen and oxygen atoms in total. The number of rotatable bonds is 6. The summed E-state index contributed by atoms with van der Waals surface area (Å²) < 4.78 is 5.07. The van der Waals surface area contributed by atoms with E-state index in [0.717, 1.165) is 0 Å². The average molecular weight is 272 g/mol. The molecule has 0 radical (unpaired) electrons. The highest BCUT2D eigenvalue weighted by Crippen LogP contribution is 2.07. The van der Waals surface area contributed by atoms with Gasteiger partial charge in [-0.05, 0) is 32.6 Å². The third-order valence-electron chi connectivity index (χ3n) is 2.78. The van der Waals surface area contributed by atoms with Crippen LogP contribution >= 0.6 is 0 Å². The average Bonchev–Trinajstić information content (AvgIpc) is 2.23. The molecule has 1 atom stereocenters. The van der Waals surface area contributed by atoms with Crippen LogP contribution in [0.2, 0.25) is 0 Å². The summed E-state index contributed by atoms with van der Waals surface area (Å²) in [6.07, 6.45) is -0.222. The van der Waals surface area contributed by atoms with Crippen LogP contribution < -0.4 is 10.6 Å². The summed E-state index contributed by atoms with van der Waals surface area (Å²) >= 11 is 0. The number of hydrogen-bond acceptors (Lipinski definition) is 3. The quantitative estimate of drug-likeness (QED) is 0.779. The smallest absolute Gasteiger partial charge is 0.407 e. The lowest BCUT2D eigenvalue weighted by atomic mass is 9.98. The van der Waals surface area contributed by atoms with Gasteiger partial charge in [0.1, 0.15) is 5.60 Å². The lowest BCUT2D eigenvalue weighted by molar-refractivity contribution is -0.121. The van der Waals surface area contributed by atoms with Gasteiger partial charge < -0.3 is 15.4 Å². The second kappa shape index (κ2) is 8.02. The van der Waals surface area contributed by atoms with Crippen molar-refractivity contribution in [2.75, 3.05) is 13.1 Å². The molecule has 0 fully saturated rings. The zero-order chi connectivity index (χ0) is 15.1. The Morgan fingerprint density at radius 1 is 1.11 bits per heavy atom. The van der Waals surface area contributed by atoms with E-state index in [-0.39, 0.29) is 18.9 Å². The molecular weight excluding hydrogens is 244 g/mol. The van der Waals surface area contributed by atoms with Crippen LogP contribution in [0.15, 0.2) is 0 Å². The maximum atomic E-state index is 11.5. The summed E-state index contributed by atoms with van der Waals surface area (Å²) in [7, 11) is 0. The number of amides is 2. The van der Waals surface area contributed by atoms with E-state index in [9.17, 15) is 9.59 Å². The number of nitrogens with one attached hydrogen (secondary N) is 2. The Morgan fingerprint density at radius 2 is 1.68 bits per heavy atom. The van der Waals surface area contributed by atoms with E-state index in [2.05, 4.69) is 31.4 Å². The van der Waals surface area contributed by atoms with Crippen LogP contribution in [-0.2, 0) is 9.53 Å². The van der Waals surface area contributed by atoms with Crippen LogP contribution in [0, 0.1) is 11.8 Å². The summed E-state index contributed by atoms with van der Waals surface area (Å²) in [6, 6.07) is 0. The first kappa shape index (κ1) is 17.7. The molecule has 2 amide bonds. The lowest BCUT2D eigenvalue weighted by Crippen LogP contribution is -2.36. The zero-order valence-corrected chi connectivity index (χ0v) is 13.0. The molecule has 0 aliphatic rings. The van der Waals surface area contributed by atoms with Gasteiger partial charge in [-0.15, -0.1) is 0 Å². The van der Waals surface area contributed by atoms with Crippen LogP contribution in [-0.4, -0.2) is 30.7 Å². The maximum Gasteiger partial charge on any atom is 0.407 e. The molecule has 0 aromatic heterocycles. The highest BCUT2D eigenvalue weighted by Gasteiger charge is 2.16. The summed E-state index contributed by atoms with van der Waals surface area (Å²) in [5.74, 6) is 0.937. The predicted octanol–water partition coefficient (Wildman–Crippen LogP) is 2.31. The predicted molar refractivity (Wildman–Crippen MR) is 75.9 cm³/mol. The van der Waals surface area contributed by atoms with Gasteiger partial charge in [0, 0.05) is 19.5 Å². The number of carbonyl (C=O) groups excluding carboxylic acids is 2. The minimum absolute atomic E-state index is 0.0523. The van der Waals surface area contributed by atoms with Crippen LogP contribution in [0.5, 0.6) is 0 Å². The molecule has 0 heterocycles. The molecular formula is C14H28N2O3. The second-order valence-corrected chi connectivity index (χ2v) is 6.20. The number of alkyl carbamates (subject to hydrolysis) is 1.